The molecule has 27 heavy (non-hydrogen) atoms. The van der Waals surface area contributed by atoms with E-state index in [1.807, 2.05) is 30.3 Å². The van der Waals surface area contributed by atoms with Crippen LogP contribution in [0.4, 0.5) is 5.69 Å². The molecule has 1 aliphatic heterocycles. The Morgan fingerprint density at radius 2 is 2.07 bits per heavy atom. The molecule has 3 heterocycles. The van der Waals surface area contributed by atoms with Gasteiger partial charge in [-0.05, 0) is 59.3 Å². The lowest BCUT2D eigenvalue weighted by atomic mass is 10.2. The van der Waals surface area contributed by atoms with Crippen molar-refractivity contribution in [1.29, 1.82) is 0 Å². The number of hydrogen-bond donors (Lipinski definition) is 1. The predicted molar refractivity (Wildman–Crippen MR) is 97.3 cm³/mol. The number of carbonyl (C=O) groups is 1. The van der Waals surface area contributed by atoms with Gasteiger partial charge >= 0.3 is 0 Å². The van der Waals surface area contributed by atoms with Crippen molar-refractivity contribution in [3.63, 3.8) is 0 Å². The predicted octanol–water partition coefficient (Wildman–Crippen LogP) is 2.05. The van der Waals surface area contributed by atoms with Crippen LogP contribution in [0.25, 0.3) is 0 Å². The highest BCUT2D eigenvalue weighted by atomic mass is 32.2. The van der Waals surface area contributed by atoms with Crippen molar-refractivity contribution in [2.24, 2.45) is 0 Å². The van der Waals surface area contributed by atoms with Crippen LogP contribution in [0.3, 0.4) is 0 Å². The Hall–Kier alpha value is -2.85. The van der Waals surface area contributed by atoms with Gasteiger partial charge < -0.3 is 10.1 Å². The van der Waals surface area contributed by atoms with Crippen LogP contribution in [0, 0.1) is 0 Å². The lowest BCUT2D eigenvalue weighted by molar-refractivity contribution is 0.0911. The maximum atomic E-state index is 12.2. The molecule has 1 amide bonds. The molecule has 1 aromatic carbocycles. The summed E-state index contributed by atoms with van der Waals surface area (Å²) in [6.45, 7) is 1.40. The number of nitrogens with one attached hydrogen (secondary N) is 1. The van der Waals surface area contributed by atoms with Gasteiger partial charge in [0.05, 0.1) is 12.6 Å². The van der Waals surface area contributed by atoms with E-state index in [-0.39, 0.29) is 17.7 Å². The summed E-state index contributed by atoms with van der Waals surface area (Å²) >= 11 is 1.29. The summed E-state index contributed by atoms with van der Waals surface area (Å²) in [5.41, 5.74) is 0.943. The Kier molecular flexibility index (Phi) is 5.35. The number of carbonyl (C=O) groups excluding carboxylic acids is 1. The quantitative estimate of drug-likeness (QED) is 0.689. The van der Waals surface area contributed by atoms with Gasteiger partial charge in [0.1, 0.15) is 5.03 Å². The Morgan fingerprint density at radius 1 is 1.19 bits per heavy atom. The first-order valence-corrected chi connectivity index (χ1v) is 9.35. The number of ether oxygens (including phenoxy) is 1. The average Bonchev–Trinajstić information content (AvgIpc) is 3.36. The number of hydrogen-bond acceptors (Lipinski definition) is 8. The van der Waals surface area contributed by atoms with Gasteiger partial charge in [-0.15, -0.1) is 15.3 Å². The van der Waals surface area contributed by atoms with Gasteiger partial charge in [0.25, 0.3) is 5.91 Å². The lowest BCUT2D eigenvalue weighted by Gasteiger charge is -2.09. The number of rotatable bonds is 6. The Bertz CT molecular complexity index is 895. The number of aromatic nitrogens is 6. The van der Waals surface area contributed by atoms with Gasteiger partial charge in [-0.1, -0.05) is 18.2 Å². The van der Waals surface area contributed by atoms with Crippen molar-refractivity contribution >= 4 is 23.4 Å². The molecule has 1 aliphatic rings. The number of para-hydroxylation sites is 1. The number of tetrazole rings is 1. The fourth-order valence-corrected chi connectivity index (χ4v) is 3.37. The fraction of sp³-hybridized carbons (Fsp3) is 0.294. The van der Waals surface area contributed by atoms with Crippen LogP contribution in [0.5, 0.6) is 0 Å². The second-order valence-corrected chi connectivity index (χ2v) is 6.95. The maximum Gasteiger partial charge on any atom is 0.276 e. The summed E-state index contributed by atoms with van der Waals surface area (Å²) in [4.78, 5) is 12.2. The van der Waals surface area contributed by atoms with Crippen LogP contribution in [0.15, 0.2) is 52.6 Å². The summed E-state index contributed by atoms with van der Waals surface area (Å²) in [5, 5.41) is 23.9. The first-order valence-electron chi connectivity index (χ1n) is 8.54. The van der Waals surface area contributed by atoms with Crippen LogP contribution >= 0.6 is 11.8 Å². The largest absolute Gasteiger partial charge is 0.376 e. The van der Waals surface area contributed by atoms with E-state index in [2.05, 4.69) is 31.0 Å². The summed E-state index contributed by atoms with van der Waals surface area (Å²) in [5.74, 6) is -0.312. The van der Waals surface area contributed by atoms with Crippen molar-refractivity contribution in [2.75, 3.05) is 11.9 Å². The topological polar surface area (TPSA) is 108 Å². The summed E-state index contributed by atoms with van der Waals surface area (Å²) in [6, 6.07) is 12.6. The van der Waals surface area contributed by atoms with Crippen LogP contribution in [0.1, 0.15) is 23.3 Å². The Balaban J connectivity index is 1.39. The highest BCUT2D eigenvalue weighted by Gasteiger charge is 2.19. The zero-order valence-electron chi connectivity index (χ0n) is 14.4. The number of benzene rings is 1. The standard InChI is InChI=1S/C17H17N7O2S/c25-16(18-12-5-2-1-3-6-12)14-8-9-15(20-19-14)27-17-21-22-23-24(17)11-13-7-4-10-26-13/h1-3,5-6,8-9,13H,4,7,10-11H2,(H,18,25). The maximum absolute atomic E-state index is 12.2. The molecule has 0 saturated carbocycles. The van der Waals surface area contributed by atoms with Gasteiger partial charge in [-0.2, -0.15) is 0 Å². The molecular weight excluding hydrogens is 366 g/mol. The van der Waals surface area contributed by atoms with E-state index in [0.29, 0.717) is 22.4 Å². The molecule has 0 radical (unpaired) electrons. The molecule has 0 aliphatic carbocycles. The summed E-state index contributed by atoms with van der Waals surface area (Å²) in [6.07, 6.45) is 2.21. The number of amides is 1. The minimum atomic E-state index is -0.312. The van der Waals surface area contributed by atoms with Gasteiger partial charge in [0.2, 0.25) is 5.16 Å². The van der Waals surface area contributed by atoms with Crippen LogP contribution in [-0.2, 0) is 11.3 Å². The normalized spacial score (nSPS) is 16.4. The second-order valence-electron chi connectivity index (χ2n) is 5.96. The number of anilines is 1. The van der Waals surface area contributed by atoms with E-state index >= 15 is 0 Å². The van der Waals surface area contributed by atoms with E-state index in [0.717, 1.165) is 19.4 Å². The molecule has 1 N–H and O–H groups in total. The van der Waals surface area contributed by atoms with Crippen molar-refractivity contribution in [1.82, 2.24) is 30.4 Å². The third-order valence-corrected chi connectivity index (χ3v) is 4.90. The van der Waals surface area contributed by atoms with Gasteiger partial charge in [0, 0.05) is 12.3 Å². The number of nitrogens with zero attached hydrogens (tertiary/aromatic N) is 6. The molecule has 10 heteroatoms. The molecular formula is C17H17N7O2S. The third-order valence-electron chi connectivity index (χ3n) is 4.00. The molecule has 1 unspecified atom stereocenters. The molecule has 3 aromatic rings. The highest BCUT2D eigenvalue weighted by Crippen LogP contribution is 2.24. The molecule has 4 rings (SSSR count). The molecule has 138 valence electrons. The van der Waals surface area contributed by atoms with E-state index < -0.39 is 0 Å². The minimum Gasteiger partial charge on any atom is -0.376 e. The van der Waals surface area contributed by atoms with Crippen molar-refractivity contribution < 1.29 is 9.53 Å². The smallest absolute Gasteiger partial charge is 0.276 e. The monoisotopic (exact) mass is 383 g/mol. The van der Waals surface area contributed by atoms with Gasteiger partial charge in [-0.3, -0.25) is 4.79 Å². The van der Waals surface area contributed by atoms with Crippen molar-refractivity contribution in [3.05, 3.63) is 48.2 Å². The third kappa shape index (κ3) is 4.47. The van der Waals surface area contributed by atoms with Gasteiger partial charge in [0.15, 0.2) is 5.69 Å². The first kappa shape index (κ1) is 17.6. The zero-order chi connectivity index (χ0) is 18.5. The molecule has 0 bridgehead atoms. The molecule has 0 spiro atoms. The second kappa shape index (κ2) is 8.23. The average molecular weight is 383 g/mol. The molecule has 1 atom stereocenters. The summed E-state index contributed by atoms with van der Waals surface area (Å²) < 4.78 is 7.33. The minimum absolute atomic E-state index is 0.142. The highest BCUT2D eigenvalue weighted by molar-refractivity contribution is 7.99. The zero-order valence-corrected chi connectivity index (χ0v) is 15.2. The molecule has 1 saturated heterocycles. The SMILES string of the molecule is O=C(Nc1ccccc1)c1ccc(Sc2nnnn2CC2CCCO2)nn1. The van der Waals surface area contributed by atoms with Crippen LogP contribution in [0.2, 0.25) is 0 Å². The summed E-state index contributed by atoms with van der Waals surface area (Å²) in [7, 11) is 0. The molecule has 1 fully saturated rings. The van der Waals surface area contributed by atoms with Gasteiger partial charge in [-0.25, -0.2) is 4.68 Å². The van der Waals surface area contributed by atoms with Crippen molar-refractivity contribution in [2.45, 2.75) is 35.7 Å². The van der Waals surface area contributed by atoms with Crippen molar-refractivity contribution in [3.8, 4) is 0 Å². The fourth-order valence-electron chi connectivity index (χ4n) is 2.67. The molecule has 9 nitrogen and oxygen atoms in total. The lowest BCUT2D eigenvalue weighted by Crippen LogP contribution is -2.17. The first-order chi connectivity index (χ1) is 13.3. The Morgan fingerprint density at radius 3 is 2.81 bits per heavy atom. The van der Waals surface area contributed by atoms with E-state index in [1.54, 1.807) is 16.8 Å². The Labute approximate surface area is 159 Å². The van der Waals surface area contributed by atoms with E-state index in [4.69, 9.17) is 4.74 Å². The van der Waals surface area contributed by atoms with E-state index in [1.165, 1.54) is 11.8 Å². The van der Waals surface area contributed by atoms with E-state index in [9.17, 15) is 4.79 Å². The van der Waals surface area contributed by atoms with Crippen LogP contribution in [-0.4, -0.2) is 49.0 Å². The molecule has 2 aromatic heterocycles. The van der Waals surface area contributed by atoms with Crippen LogP contribution < -0.4 is 5.32 Å².